The van der Waals surface area contributed by atoms with Crippen LogP contribution in [0.25, 0.3) is 10.2 Å². The maximum atomic E-state index is 5.60. The minimum absolute atomic E-state index is 0.0900. The summed E-state index contributed by atoms with van der Waals surface area (Å²) in [5.74, 6) is 5.60. The Labute approximate surface area is 102 Å². The summed E-state index contributed by atoms with van der Waals surface area (Å²) in [6, 6.07) is 5.91. The summed E-state index contributed by atoms with van der Waals surface area (Å²) in [4.78, 5) is 4.40. The van der Waals surface area contributed by atoms with Crippen LogP contribution in [0.4, 0.5) is 0 Å². The molecule has 0 amide bonds. The Bertz CT molecular complexity index is 618. The molecule has 0 saturated heterocycles. The van der Waals surface area contributed by atoms with Gasteiger partial charge >= 0.3 is 0 Å². The first kappa shape index (κ1) is 10.5. The second-order valence-corrected chi connectivity index (χ2v) is 4.68. The molecule has 0 fully saturated rings. The number of nitrogens with one attached hydrogen (secondary N) is 1. The Kier molecular flexibility index (Phi) is 2.64. The number of fused-ring (bicyclic) bond motifs is 1. The third-order valence-corrected chi connectivity index (χ3v) is 3.55. The monoisotopic (exact) mass is 245 g/mol. The molecule has 0 aliphatic carbocycles. The van der Waals surface area contributed by atoms with Gasteiger partial charge in [-0.2, -0.15) is 0 Å². The molecule has 0 saturated carbocycles. The topological polar surface area (TPSA) is 64.1 Å². The van der Waals surface area contributed by atoms with Gasteiger partial charge in [-0.3, -0.25) is 10.8 Å². The first-order valence-electron chi connectivity index (χ1n) is 5.20. The number of furan rings is 1. The van der Waals surface area contributed by atoms with Gasteiger partial charge in [-0.05, 0) is 29.1 Å². The van der Waals surface area contributed by atoms with Crippen LogP contribution in [0.5, 0.6) is 0 Å². The van der Waals surface area contributed by atoms with E-state index >= 15 is 0 Å². The second kappa shape index (κ2) is 4.29. The zero-order valence-electron chi connectivity index (χ0n) is 8.96. The minimum atomic E-state index is -0.0900. The van der Waals surface area contributed by atoms with E-state index < -0.39 is 0 Å². The van der Waals surface area contributed by atoms with E-state index in [-0.39, 0.29) is 6.04 Å². The highest BCUT2D eigenvalue weighted by Crippen LogP contribution is 2.26. The number of hydrogen-bond acceptors (Lipinski definition) is 5. The van der Waals surface area contributed by atoms with Crippen molar-refractivity contribution < 1.29 is 4.42 Å². The summed E-state index contributed by atoms with van der Waals surface area (Å²) in [7, 11) is 0. The number of rotatable bonds is 3. The van der Waals surface area contributed by atoms with E-state index in [1.54, 1.807) is 23.9 Å². The fourth-order valence-electron chi connectivity index (χ4n) is 1.84. The molecule has 3 aromatic rings. The molecular formula is C12H11N3OS. The highest BCUT2D eigenvalue weighted by atomic mass is 32.1. The van der Waals surface area contributed by atoms with E-state index in [2.05, 4.69) is 16.5 Å². The molecule has 4 nitrogen and oxygen atoms in total. The van der Waals surface area contributed by atoms with E-state index in [1.807, 2.05) is 23.7 Å². The van der Waals surface area contributed by atoms with E-state index in [0.29, 0.717) is 0 Å². The molecule has 0 spiro atoms. The molecule has 3 heterocycles. The van der Waals surface area contributed by atoms with E-state index in [1.165, 1.54) is 0 Å². The van der Waals surface area contributed by atoms with Gasteiger partial charge < -0.3 is 4.42 Å². The van der Waals surface area contributed by atoms with Crippen molar-refractivity contribution in [2.45, 2.75) is 6.04 Å². The Morgan fingerprint density at radius 1 is 1.35 bits per heavy atom. The van der Waals surface area contributed by atoms with E-state index in [0.717, 1.165) is 21.3 Å². The third kappa shape index (κ3) is 1.84. The van der Waals surface area contributed by atoms with Gasteiger partial charge in [0.1, 0.15) is 0 Å². The number of hydrazine groups is 1. The molecule has 5 heteroatoms. The smallest absolute Gasteiger partial charge is 0.0954 e. The average Bonchev–Trinajstić information content (AvgIpc) is 2.99. The normalized spacial score (nSPS) is 13.0. The van der Waals surface area contributed by atoms with Gasteiger partial charge in [0, 0.05) is 11.8 Å². The van der Waals surface area contributed by atoms with Gasteiger partial charge in [0.05, 0.1) is 28.8 Å². The quantitative estimate of drug-likeness (QED) is 0.549. The summed E-state index contributed by atoms with van der Waals surface area (Å²) in [6.07, 6.45) is 5.16. The molecule has 0 aromatic carbocycles. The van der Waals surface area contributed by atoms with Gasteiger partial charge in [-0.25, -0.2) is 5.43 Å². The molecule has 0 aliphatic rings. The van der Waals surface area contributed by atoms with Crippen LogP contribution in [0.15, 0.2) is 46.7 Å². The van der Waals surface area contributed by atoms with Crippen LogP contribution < -0.4 is 11.3 Å². The summed E-state index contributed by atoms with van der Waals surface area (Å²) >= 11 is 1.67. The zero-order chi connectivity index (χ0) is 11.7. The predicted molar refractivity (Wildman–Crippen MR) is 67.5 cm³/mol. The lowest BCUT2D eigenvalue weighted by molar-refractivity contribution is 0.553. The van der Waals surface area contributed by atoms with Gasteiger partial charge in [-0.15, -0.1) is 11.3 Å². The molecular weight excluding hydrogens is 234 g/mol. The molecule has 3 rings (SSSR count). The van der Waals surface area contributed by atoms with Crippen LogP contribution in [0, 0.1) is 0 Å². The summed E-state index contributed by atoms with van der Waals surface area (Å²) < 4.78 is 6.24. The second-order valence-electron chi connectivity index (χ2n) is 3.73. The van der Waals surface area contributed by atoms with Gasteiger partial charge in [0.25, 0.3) is 0 Å². The van der Waals surface area contributed by atoms with Crippen molar-refractivity contribution in [1.82, 2.24) is 10.4 Å². The predicted octanol–water partition coefficient (Wildman–Crippen LogP) is 2.44. The molecule has 1 atom stereocenters. The van der Waals surface area contributed by atoms with Crippen LogP contribution in [-0.4, -0.2) is 4.98 Å². The first-order chi connectivity index (χ1) is 8.38. The van der Waals surface area contributed by atoms with Crippen LogP contribution >= 0.6 is 11.3 Å². The average molecular weight is 245 g/mol. The Balaban J connectivity index is 2.06. The first-order valence-corrected chi connectivity index (χ1v) is 6.08. The maximum absolute atomic E-state index is 5.60. The molecule has 0 bridgehead atoms. The number of aromatic nitrogens is 1. The number of nitrogens with two attached hydrogens (primary N) is 1. The third-order valence-electron chi connectivity index (χ3n) is 2.70. The molecule has 0 radical (unpaired) electrons. The van der Waals surface area contributed by atoms with Crippen molar-refractivity contribution in [2.24, 2.45) is 5.84 Å². The summed E-state index contributed by atoms with van der Waals surface area (Å²) in [5.41, 5.74) is 5.82. The number of nitrogens with zero attached hydrogens (tertiary/aromatic N) is 1. The number of thiophene rings is 1. The van der Waals surface area contributed by atoms with Gasteiger partial charge in [0.15, 0.2) is 0 Å². The number of pyridine rings is 1. The molecule has 1 unspecified atom stereocenters. The fraction of sp³-hybridized carbons (Fsp3) is 0.0833. The lowest BCUT2D eigenvalue weighted by Crippen LogP contribution is -2.28. The molecule has 17 heavy (non-hydrogen) atoms. The van der Waals surface area contributed by atoms with Gasteiger partial charge in [0.2, 0.25) is 0 Å². The molecule has 3 aromatic heterocycles. The highest BCUT2D eigenvalue weighted by molar-refractivity contribution is 7.17. The van der Waals surface area contributed by atoms with Crippen LogP contribution in [0.3, 0.4) is 0 Å². The highest BCUT2D eigenvalue weighted by Gasteiger charge is 2.14. The molecule has 86 valence electrons. The minimum Gasteiger partial charge on any atom is -0.472 e. The molecule has 3 N–H and O–H groups in total. The van der Waals surface area contributed by atoms with Crippen LogP contribution in [0.1, 0.15) is 17.2 Å². The Morgan fingerprint density at radius 2 is 2.29 bits per heavy atom. The van der Waals surface area contributed by atoms with Crippen molar-refractivity contribution in [2.75, 3.05) is 0 Å². The van der Waals surface area contributed by atoms with Gasteiger partial charge in [-0.1, -0.05) is 0 Å². The number of hydrogen-bond donors (Lipinski definition) is 2. The van der Waals surface area contributed by atoms with Crippen molar-refractivity contribution in [3.63, 3.8) is 0 Å². The van der Waals surface area contributed by atoms with Crippen molar-refractivity contribution in [3.8, 4) is 0 Å². The van der Waals surface area contributed by atoms with Crippen molar-refractivity contribution >= 4 is 21.6 Å². The summed E-state index contributed by atoms with van der Waals surface area (Å²) in [5, 5.41) is 2.03. The molecule has 0 aliphatic heterocycles. The summed E-state index contributed by atoms with van der Waals surface area (Å²) in [6.45, 7) is 0. The Hall–Kier alpha value is -1.69. The van der Waals surface area contributed by atoms with E-state index in [9.17, 15) is 0 Å². The van der Waals surface area contributed by atoms with Crippen molar-refractivity contribution in [1.29, 1.82) is 0 Å². The van der Waals surface area contributed by atoms with Crippen molar-refractivity contribution in [3.05, 3.63) is 53.4 Å². The van der Waals surface area contributed by atoms with Crippen LogP contribution in [-0.2, 0) is 0 Å². The lowest BCUT2D eigenvalue weighted by atomic mass is 10.0. The maximum Gasteiger partial charge on any atom is 0.0954 e. The largest absolute Gasteiger partial charge is 0.472 e. The Morgan fingerprint density at radius 3 is 3.06 bits per heavy atom. The SMILES string of the molecule is NNC(c1ccoc1)c1cnc2ccsc2c1. The van der Waals surface area contributed by atoms with E-state index in [4.69, 9.17) is 10.3 Å². The standard InChI is InChI=1S/C12H11N3OS/c13-15-12(8-1-3-16-7-8)9-5-11-10(14-6-9)2-4-17-11/h1-7,12,15H,13H2. The lowest BCUT2D eigenvalue weighted by Gasteiger charge is -2.13. The zero-order valence-corrected chi connectivity index (χ0v) is 9.78. The van der Waals surface area contributed by atoms with Crippen LogP contribution in [0.2, 0.25) is 0 Å². The fourth-order valence-corrected chi connectivity index (χ4v) is 2.63.